The van der Waals surface area contributed by atoms with Gasteiger partial charge in [-0.25, -0.2) is 0 Å². The molecule has 0 unspecified atom stereocenters. The molecule has 0 aromatic carbocycles. The predicted octanol–water partition coefficient (Wildman–Crippen LogP) is 0.0977. The first-order valence-corrected chi connectivity index (χ1v) is 3.80. The van der Waals surface area contributed by atoms with Gasteiger partial charge in [0.05, 0.1) is 7.11 Å². The number of carbonyl (C=O) groups excluding carboxylic acids is 3. The van der Waals surface area contributed by atoms with Gasteiger partial charge in [0.2, 0.25) is 0 Å². The van der Waals surface area contributed by atoms with Crippen molar-refractivity contribution < 1.29 is 19.1 Å². The van der Waals surface area contributed by atoms with Crippen LogP contribution in [-0.4, -0.2) is 24.6 Å². The second-order valence-corrected chi connectivity index (χ2v) is 2.74. The van der Waals surface area contributed by atoms with Crippen molar-refractivity contribution in [3.63, 3.8) is 0 Å². The molecule has 0 atom stereocenters. The van der Waals surface area contributed by atoms with E-state index >= 15 is 0 Å². The maximum Gasteiger partial charge on any atom is 0.323 e. The number of esters is 1. The zero-order valence-corrected chi connectivity index (χ0v) is 6.83. The SMILES string of the molecule is COC(=O)C1C(=O)CCCC1=O. The van der Waals surface area contributed by atoms with E-state index in [-0.39, 0.29) is 11.6 Å². The van der Waals surface area contributed by atoms with E-state index in [2.05, 4.69) is 4.74 Å². The second-order valence-electron chi connectivity index (χ2n) is 2.74. The van der Waals surface area contributed by atoms with Gasteiger partial charge in [-0.05, 0) is 6.42 Å². The first kappa shape index (κ1) is 8.90. The predicted molar refractivity (Wildman–Crippen MR) is 39.4 cm³/mol. The number of hydrogen-bond donors (Lipinski definition) is 0. The first-order chi connectivity index (χ1) is 5.66. The summed E-state index contributed by atoms with van der Waals surface area (Å²) in [5.74, 6) is -2.47. The summed E-state index contributed by atoms with van der Waals surface area (Å²) in [7, 11) is 1.18. The first-order valence-electron chi connectivity index (χ1n) is 3.80. The Morgan fingerprint density at radius 1 is 1.33 bits per heavy atom. The van der Waals surface area contributed by atoms with Crippen LogP contribution in [0.3, 0.4) is 0 Å². The molecule has 1 rings (SSSR count). The van der Waals surface area contributed by atoms with Crippen LogP contribution in [0.2, 0.25) is 0 Å². The molecule has 0 N–H and O–H groups in total. The molecule has 66 valence electrons. The van der Waals surface area contributed by atoms with E-state index in [1.807, 2.05) is 0 Å². The highest BCUT2D eigenvalue weighted by Gasteiger charge is 2.36. The van der Waals surface area contributed by atoms with Gasteiger partial charge in [-0.3, -0.25) is 14.4 Å². The van der Waals surface area contributed by atoms with Gasteiger partial charge in [-0.2, -0.15) is 0 Å². The Bertz CT molecular complexity index is 204. The van der Waals surface area contributed by atoms with Crippen molar-refractivity contribution >= 4 is 17.5 Å². The third-order valence-electron chi connectivity index (χ3n) is 1.93. The molecule has 0 radical (unpaired) electrons. The Morgan fingerprint density at radius 3 is 2.25 bits per heavy atom. The number of ether oxygens (including phenoxy) is 1. The average molecular weight is 170 g/mol. The molecule has 0 aliphatic heterocycles. The van der Waals surface area contributed by atoms with Crippen molar-refractivity contribution in [1.82, 2.24) is 0 Å². The number of ketones is 2. The van der Waals surface area contributed by atoms with Crippen molar-refractivity contribution in [3.8, 4) is 0 Å². The number of hydrogen-bond acceptors (Lipinski definition) is 4. The summed E-state index contributed by atoms with van der Waals surface area (Å²) < 4.78 is 4.35. The maximum absolute atomic E-state index is 11.1. The van der Waals surface area contributed by atoms with Crippen LogP contribution in [0.25, 0.3) is 0 Å². The highest BCUT2D eigenvalue weighted by molar-refractivity contribution is 6.18. The lowest BCUT2D eigenvalue weighted by atomic mass is 9.87. The Kier molecular flexibility index (Phi) is 2.58. The Balaban J connectivity index is 2.76. The highest BCUT2D eigenvalue weighted by atomic mass is 16.5. The second kappa shape index (κ2) is 3.47. The Morgan fingerprint density at radius 2 is 1.83 bits per heavy atom. The smallest absolute Gasteiger partial charge is 0.323 e. The van der Waals surface area contributed by atoms with E-state index in [0.717, 1.165) is 0 Å². The molecule has 0 bridgehead atoms. The van der Waals surface area contributed by atoms with Gasteiger partial charge in [-0.1, -0.05) is 0 Å². The van der Waals surface area contributed by atoms with Crippen LogP contribution in [-0.2, 0) is 19.1 Å². The summed E-state index contributed by atoms with van der Waals surface area (Å²) in [6, 6.07) is 0. The summed E-state index contributed by atoms with van der Waals surface area (Å²) in [4.78, 5) is 33.1. The topological polar surface area (TPSA) is 60.4 Å². The molecule has 1 aliphatic rings. The Hall–Kier alpha value is -1.19. The largest absolute Gasteiger partial charge is 0.468 e. The third kappa shape index (κ3) is 1.52. The van der Waals surface area contributed by atoms with Crippen LogP contribution in [0.4, 0.5) is 0 Å². The lowest BCUT2D eigenvalue weighted by Gasteiger charge is -2.16. The molecule has 4 nitrogen and oxygen atoms in total. The van der Waals surface area contributed by atoms with Crippen LogP contribution in [0.1, 0.15) is 19.3 Å². The average Bonchev–Trinajstić information content (AvgIpc) is 2.03. The fourth-order valence-corrected chi connectivity index (χ4v) is 1.29. The molecule has 0 heterocycles. The quantitative estimate of drug-likeness (QED) is 0.413. The van der Waals surface area contributed by atoms with Gasteiger partial charge >= 0.3 is 5.97 Å². The van der Waals surface area contributed by atoms with Gasteiger partial charge in [0, 0.05) is 12.8 Å². The summed E-state index contributed by atoms with van der Waals surface area (Å²) >= 11 is 0. The van der Waals surface area contributed by atoms with Crippen molar-refractivity contribution in [3.05, 3.63) is 0 Å². The van der Waals surface area contributed by atoms with E-state index in [0.29, 0.717) is 19.3 Å². The van der Waals surface area contributed by atoms with Gasteiger partial charge < -0.3 is 4.74 Å². The van der Waals surface area contributed by atoms with Crippen molar-refractivity contribution in [2.24, 2.45) is 5.92 Å². The normalized spacial score (nSPS) is 19.4. The summed E-state index contributed by atoms with van der Waals surface area (Å²) in [6.07, 6.45) is 1.18. The van der Waals surface area contributed by atoms with Crippen molar-refractivity contribution in [1.29, 1.82) is 0 Å². The van der Waals surface area contributed by atoms with Crippen LogP contribution >= 0.6 is 0 Å². The van der Waals surface area contributed by atoms with Gasteiger partial charge in [-0.15, -0.1) is 0 Å². The van der Waals surface area contributed by atoms with E-state index in [1.54, 1.807) is 0 Å². The van der Waals surface area contributed by atoms with E-state index < -0.39 is 11.9 Å². The summed E-state index contributed by atoms with van der Waals surface area (Å²) in [5, 5.41) is 0. The standard InChI is InChI=1S/C8H10O4/c1-12-8(11)7-5(9)3-2-4-6(7)10/h7H,2-4H2,1H3. The van der Waals surface area contributed by atoms with E-state index in [1.165, 1.54) is 7.11 Å². The monoisotopic (exact) mass is 170 g/mol. The Labute approximate surface area is 69.9 Å². The maximum atomic E-state index is 11.1. The number of rotatable bonds is 1. The minimum Gasteiger partial charge on any atom is -0.468 e. The van der Waals surface area contributed by atoms with Crippen molar-refractivity contribution in [2.75, 3.05) is 7.11 Å². The number of methoxy groups -OCH3 is 1. The molecule has 0 amide bonds. The molecule has 4 heteroatoms. The molecule has 1 saturated carbocycles. The zero-order chi connectivity index (χ0) is 9.14. The molecule has 0 aromatic heterocycles. The van der Waals surface area contributed by atoms with Gasteiger partial charge in [0.15, 0.2) is 17.5 Å². The molecule has 0 spiro atoms. The van der Waals surface area contributed by atoms with E-state index in [9.17, 15) is 14.4 Å². The lowest BCUT2D eigenvalue weighted by Crippen LogP contribution is -2.35. The molecular formula is C8H10O4. The third-order valence-corrected chi connectivity index (χ3v) is 1.93. The molecule has 0 aromatic rings. The fraction of sp³-hybridized carbons (Fsp3) is 0.625. The highest BCUT2D eigenvalue weighted by Crippen LogP contribution is 2.18. The number of carbonyl (C=O) groups is 3. The van der Waals surface area contributed by atoms with Gasteiger partial charge in [0.1, 0.15) is 0 Å². The molecule has 1 fully saturated rings. The zero-order valence-electron chi connectivity index (χ0n) is 6.83. The minimum atomic E-state index is -1.14. The summed E-state index contributed by atoms with van der Waals surface area (Å²) in [6.45, 7) is 0. The molecular weight excluding hydrogens is 160 g/mol. The number of Topliss-reactive ketones (excluding diaryl/α,β-unsaturated/α-hetero) is 2. The minimum absolute atomic E-state index is 0.307. The van der Waals surface area contributed by atoms with Crippen LogP contribution in [0, 0.1) is 5.92 Å². The van der Waals surface area contributed by atoms with Crippen molar-refractivity contribution in [2.45, 2.75) is 19.3 Å². The lowest BCUT2D eigenvalue weighted by molar-refractivity contribution is -0.154. The molecule has 12 heavy (non-hydrogen) atoms. The summed E-state index contributed by atoms with van der Waals surface area (Å²) in [5.41, 5.74) is 0. The van der Waals surface area contributed by atoms with E-state index in [4.69, 9.17) is 0 Å². The van der Waals surface area contributed by atoms with Crippen LogP contribution < -0.4 is 0 Å². The van der Waals surface area contributed by atoms with Crippen LogP contribution in [0.15, 0.2) is 0 Å². The van der Waals surface area contributed by atoms with Gasteiger partial charge in [0.25, 0.3) is 0 Å². The fourth-order valence-electron chi connectivity index (χ4n) is 1.29. The van der Waals surface area contributed by atoms with Crippen LogP contribution in [0.5, 0.6) is 0 Å². The molecule has 0 saturated heterocycles. The molecule has 1 aliphatic carbocycles.